The normalized spacial score (nSPS) is 15.2. The van der Waals surface area contributed by atoms with Crippen LogP contribution in [0.4, 0.5) is 0 Å². The van der Waals surface area contributed by atoms with Gasteiger partial charge in [0.05, 0.1) is 0 Å². The maximum atomic E-state index is 4.47. The summed E-state index contributed by atoms with van der Waals surface area (Å²) in [5.41, 5.74) is 0. The van der Waals surface area contributed by atoms with Crippen molar-refractivity contribution in [3.8, 4) is 0 Å². The summed E-state index contributed by atoms with van der Waals surface area (Å²) in [5, 5.41) is 3.22. The van der Waals surface area contributed by atoms with Crippen LogP contribution < -0.4 is 5.32 Å². The molecule has 2 unspecified atom stereocenters. The monoisotopic (exact) mass is 209 g/mol. The predicted molar refractivity (Wildman–Crippen MR) is 64.0 cm³/mol. The highest BCUT2D eigenvalue weighted by Gasteiger charge is 2.17. The summed E-state index contributed by atoms with van der Waals surface area (Å²) in [5.74, 6) is 2.35. The smallest absolute Gasteiger partial charge is 0.111 e. The van der Waals surface area contributed by atoms with Crippen molar-refractivity contribution in [2.45, 2.75) is 39.7 Å². The van der Waals surface area contributed by atoms with Crippen molar-refractivity contribution >= 4 is 0 Å². The lowest BCUT2D eigenvalue weighted by Gasteiger charge is -2.20. The summed E-state index contributed by atoms with van der Waals surface area (Å²) in [6, 6.07) is 0. The van der Waals surface area contributed by atoms with Gasteiger partial charge in [0.15, 0.2) is 0 Å². The van der Waals surface area contributed by atoms with Crippen LogP contribution in [0.25, 0.3) is 0 Å². The highest BCUT2D eigenvalue weighted by molar-refractivity contribution is 5.01. The lowest BCUT2D eigenvalue weighted by molar-refractivity contribution is 0.433. The molecule has 3 nitrogen and oxygen atoms in total. The SMILES string of the molecule is CCCn1ccnc1C(C)C(C)CNC. The van der Waals surface area contributed by atoms with Crippen LogP contribution in [0.15, 0.2) is 12.4 Å². The number of nitrogens with zero attached hydrogens (tertiary/aromatic N) is 2. The van der Waals surface area contributed by atoms with E-state index >= 15 is 0 Å². The van der Waals surface area contributed by atoms with Crippen molar-refractivity contribution in [1.82, 2.24) is 14.9 Å². The number of aryl methyl sites for hydroxylation is 1. The molecule has 15 heavy (non-hydrogen) atoms. The van der Waals surface area contributed by atoms with Crippen molar-refractivity contribution in [3.05, 3.63) is 18.2 Å². The molecule has 0 fully saturated rings. The Morgan fingerprint density at radius 2 is 2.20 bits per heavy atom. The molecular formula is C12H23N3. The van der Waals surface area contributed by atoms with Crippen LogP contribution in [0.5, 0.6) is 0 Å². The minimum absolute atomic E-state index is 0.513. The fourth-order valence-electron chi connectivity index (χ4n) is 1.90. The zero-order valence-electron chi connectivity index (χ0n) is 10.3. The minimum atomic E-state index is 0.513. The van der Waals surface area contributed by atoms with E-state index in [1.165, 1.54) is 5.82 Å². The first kappa shape index (κ1) is 12.2. The van der Waals surface area contributed by atoms with Crippen molar-refractivity contribution in [2.24, 2.45) is 5.92 Å². The third-order valence-corrected chi connectivity index (χ3v) is 3.00. The summed E-state index contributed by atoms with van der Waals surface area (Å²) in [6.45, 7) is 8.85. The van der Waals surface area contributed by atoms with Gasteiger partial charge in [0.2, 0.25) is 0 Å². The van der Waals surface area contributed by atoms with E-state index in [-0.39, 0.29) is 0 Å². The Hall–Kier alpha value is -0.830. The molecule has 0 aliphatic rings. The van der Waals surface area contributed by atoms with Gasteiger partial charge in [-0.15, -0.1) is 0 Å². The van der Waals surface area contributed by atoms with Gasteiger partial charge < -0.3 is 9.88 Å². The fraction of sp³-hybridized carbons (Fsp3) is 0.750. The van der Waals surface area contributed by atoms with Gasteiger partial charge in [0, 0.05) is 24.9 Å². The van der Waals surface area contributed by atoms with Gasteiger partial charge in [-0.2, -0.15) is 0 Å². The molecule has 1 heterocycles. The second-order valence-electron chi connectivity index (χ2n) is 4.30. The van der Waals surface area contributed by atoms with Gasteiger partial charge in [-0.1, -0.05) is 20.8 Å². The predicted octanol–water partition coefficient (Wildman–Crippen LogP) is 2.25. The van der Waals surface area contributed by atoms with Crippen LogP contribution in [0, 0.1) is 5.92 Å². The van der Waals surface area contributed by atoms with E-state index in [0.717, 1.165) is 19.5 Å². The number of hydrogen-bond acceptors (Lipinski definition) is 2. The molecule has 0 aliphatic carbocycles. The first-order valence-corrected chi connectivity index (χ1v) is 5.86. The van der Waals surface area contributed by atoms with Crippen LogP contribution >= 0.6 is 0 Å². The molecule has 1 N–H and O–H groups in total. The van der Waals surface area contributed by atoms with Crippen molar-refractivity contribution < 1.29 is 0 Å². The molecule has 0 saturated carbocycles. The third-order valence-electron chi connectivity index (χ3n) is 3.00. The van der Waals surface area contributed by atoms with E-state index in [1.807, 2.05) is 13.2 Å². The summed E-state index contributed by atoms with van der Waals surface area (Å²) < 4.78 is 2.27. The Labute approximate surface area is 92.9 Å². The summed E-state index contributed by atoms with van der Waals surface area (Å²) in [6.07, 6.45) is 5.16. The van der Waals surface area contributed by atoms with Crippen LogP contribution in [0.3, 0.4) is 0 Å². The number of aromatic nitrogens is 2. The maximum absolute atomic E-state index is 4.47. The Balaban J connectivity index is 2.71. The average molecular weight is 209 g/mol. The van der Waals surface area contributed by atoms with E-state index in [9.17, 15) is 0 Å². The molecule has 1 rings (SSSR count). The number of rotatable bonds is 6. The molecule has 0 saturated heterocycles. The van der Waals surface area contributed by atoms with Crippen LogP contribution in [-0.2, 0) is 6.54 Å². The molecule has 0 bridgehead atoms. The lowest BCUT2D eigenvalue weighted by atomic mass is 9.95. The molecule has 2 atom stereocenters. The van der Waals surface area contributed by atoms with Gasteiger partial charge >= 0.3 is 0 Å². The second kappa shape index (κ2) is 5.91. The van der Waals surface area contributed by atoms with E-state index in [1.54, 1.807) is 0 Å². The first-order chi connectivity index (χ1) is 7.20. The molecule has 1 aromatic heterocycles. The van der Waals surface area contributed by atoms with Gasteiger partial charge in [0.1, 0.15) is 5.82 Å². The summed E-state index contributed by atoms with van der Waals surface area (Å²) in [4.78, 5) is 4.47. The molecule has 3 heteroatoms. The zero-order valence-corrected chi connectivity index (χ0v) is 10.3. The van der Waals surface area contributed by atoms with E-state index in [2.05, 4.69) is 41.8 Å². The standard InChI is InChI=1S/C12H23N3/c1-5-7-15-8-6-14-12(15)11(3)10(2)9-13-4/h6,8,10-11,13H,5,7,9H2,1-4H3. The Morgan fingerprint density at radius 1 is 1.47 bits per heavy atom. The highest BCUT2D eigenvalue weighted by Crippen LogP contribution is 2.22. The molecule has 0 amide bonds. The van der Waals surface area contributed by atoms with Crippen LogP contribution in [-0.4, -0.2) is 23.1 Å². The fourth-order valence-corrected chi connectivity index (χ4v) is 1.90. The second-order valence-corrected chi connectivity index (χ2v) is 4.30. The molecular weight excluding hydrogens is 186 g/mol. The number of nitrogens with one attached hydrogen (secondary N) is 1. The molecule has 86 valence electrons. The largest absolute Gasteiger partial charge is 0.335 e. The van der Waals surface area contributed by atoms with Crippen molar-refractivity contribution in [3.63, 3.8) is 0 Å². The van der Waals surface area contributed by atoms with Crippen molar-refractivity contribution in [1.29, 1.82) is 0 Å². The molecule has 0 radical (unpaired) electrons. The molecule has 0 spiro atoms. The van der Waals surface area contributed by atoms with Crippen molar-refractivity contribution in [2.75, 3.05) is 13.6 Å². The maximum Gasteiger partial charge on any atom is 0.111 e. The first-order valence-electron chi connectivity index (χ1n) is 5.86. The average Bonchev–Trinajstić information content (AvgIpc) is 2.66. The number of imidazole rings is 1. The topological polar surface area (TPSA) is 29.9 Å². The third kappa shape index (κ3) is 3.06. The highest BCUT2D eigenvalue weighted by atomic mass is 15.1. The molecule has 1 aromatic rings. The quantitative estimate of drug-likeness (QED) is 0.779. The summed E-state index contributed by atoms with van der Waals surface area (Å²) >= 11 is 0. The van der Waals surface area contributed by atoms with Gasteiger partial charge in [-0.25, -0.2) is 4.98 Å². The van der Waals surface area contributed by atoms with E-state index in [4.69, 9.17) is 0 Å². The molecule has 0 aliphatic heterocycles. The molecule has 0 aromatic carbocycles. The van der Waals surface area contributed by atoms with Crippen LogP contribution in [0.1, 0.15) is 38.9 Å². The van der Waals surface area contributed by atoms with E-state index < -0.39 is 0 Å². The lowest BCUT2D eigenvalue weighted by Crippen LogP contribution is -2.22. The number of hydrogen-bond donors (Lipinski definition) is 1. The van der Waals surface area contributed by atoms with Gasteiger partial charge in [-0.05, 0) is 25.9 Å². The minimum Gasteiger partial charge on any atom is -0.335 e. The van der Waals surface area contributed by atoms with Crippen LogP contribution in [0.2, 0.25) is 0 Å². The zero-order chi connectivity index (χ0) is 11.3. The van der Waals surface area contributed by atoms with Gasteiger partial charge in [-0.3, -0.25) is 0 Å². The van der Waals surface area contributed by atoms with Gasteiger partial charge in [0.25, 0.3) is 0 Å². The Morgan fingerprint density at radius 3 is 2.80 bits per heavy atom. The Bertz CT molecular complexity index is 280. The summed E-state index contributed by atoms with van der Waals surface area (Å²) in [7, 11) is 2.00. The van der Waals surface area contributed by atoms with E-state index in [0.29, 0.717) is 11.8 Å². The Kier molecular flexibility index (Phi) is 4.82.